The van der Waals surface area contributed by atoms with Crippen molar-refractivity contribution in [2.75, 3.05) is 0 Å². The Morgan fingerprint density at radius 1 is 0.682 bits per heavy atom. The lowest BCUT2D eigenvalue weighted by atomic mass is 9.94. The van der Waals surface area contributed by atoms with E-state index in [0.717, 1.165) is 16.7 Å². The molecule has 0 saturated carbocycles. The minimum atomic E-state index is -0.189. The molecule has 0 radical (unpaired) electrons. The average Bonchev–Trinajstić information content (AvgIpc) is 2.57. The highest BCUT2D eigenvalue weighted by Crippen LogP contribution is 2.32. The predicted molar refractivity (Wildman–Crippen MR) is 92.6 cm³/mol. The third-order valence-electron chi connectivity index (χ3n) is 3.18. The van der Waals surface area contributed by atoms with E-state index in [9.17, 15) is 4.39 Å². The summed E-state index contributed by atoms with van der Waals surface area (Å²) in [6.07, 6.45) is 0. The van der Waals surface area contributed by atoms with Crippen LogP contribution in [0.4, 0.5) is 4.39 Å². The van der Waals surface area contributed by atoms with Crippen LogP contribution in [0.15, 0.2) is 78.9 Å². The lowest BCUT2D eigenvalue weighted by Gasteiger charge is -2.10. The highest BCUT2D eigenvalue weighted by molar-refractivity contribution is 7.78. The van der Waals surface area contributed by atoms with E-state index >= 15 is 0 Å². The maximum Gasteiger partial charge on any atom is 0.131 e. The summed E-state index contributed by atoms with van der Waals surface area (Å²) in [6.45, 7) is 0. The van der Waals surface area contributed by atoms with Gasteiger partial charge in [-0.25, -0.2) is 9.80 Å². The molecule has 22 heavy (non-hydrogen) atoms. The highest BCUT2D eigenvalue weighted by atomic mass is 32.1. The standard InChI is InChI=1S/C18H13F.CHNS/c19-18-13-7-6-12-17(18)16-11-5-4-10-15(16)14-8-2-1-3-9-14;2-1-3/h1-13H;2H. The lowest BCUT2D eigenvalue weighted by Crippen LogP contribution is -1.87. The Hall–Kier alpha value is -2.61. The zero-order chi connectivity index (χ0) is 15.8. The molecule has 1 N–H and O–H groups in total. The van der Waals surface area contributed by atoms with E-state index in [2.05, 4.69) is 12.2 Å². The normalized spacial score (nSPS) is 9.32. The second-order valence-electron chi connectivity index (χ2n) is 4.49. The number of rotatable bonds is 2. The van der Waals surface area contributed by atoms with Crippen molar-refractivity contribution in [2.45, 2.75) is 0 Å². The lowest BCUT2D eigenvalue weighted by molar-refractivity contribution is 0.631. The Kier molecular flexibility index (Phi) is 5.73. The van der Waals surface area contributed by atoms with Gasteiger partial charge in [0, 0.05) is 5.56 Å². The summed E-state index contributed by atoms with van der Waals surface area (Å²) in [5.74, 6) is -0.189. The number of halogens is 1. The topological polar surface area (TPSA) is 23.9 Å². The van der Waals surface area contributed by atoms with Crippen molar-refractivity contribution in [1.29, 1.82) is 5.41 Å². The summed E-state index contributed by atoms with van der Waals surface area (Å²) in [5, 5.41) is 7.36. The molecule has 0 heterocycles. The summed E-state index contributed by atoms with van der Waals surface area (Å²) >= 11 is 3.81. The van der Waals surface area contributed by atoms with Crippen LogP contribution < -0.4 is 0 Å². The van der Waals surface area contributed by atoms with Gasteiger partial charge in [0.2, 0.25) is 0 Å². The third-order valence-corrected chi connectivity index (χ3v) is 3.18. The number of benzene rings is 3. The summed E-state index contributed by atoms with van der Waals surface area (Å²) < 4.78 is 14.0. The second kappa shape index (κ2) is 7.99. The van der Waals surface area contributed by atoms with Gasteiger partial charge in [-0.15, -0.1) is 0 Å². The third kappa shape index (κ3) is 3.73. The van der Waals surface area contributed by atoms with Gasteiger partial charge in [0.05, 0.1) is 5.16 Å². The van der Waals surface area contributed by atoms with Crippen molar-refractivity contribution in [3.05, 3.63) is 84.7 Å². The van der Waals surface area contributed by atoms with E-state index in [4.69, 9.17) is 5.41 Å². The minimum absolute atomic E-state index is 0.189. The van der Waals surface area contributed by atoms with Crippen LogP contribution in [-0.4, -0.2) is 5.16 Å². The van der Waals surface area contributed by atoms with Crippen LogP contribution >= 0.6 is 12.2 Å². The van der Waals surface area contributed by atoms with E-state index in [-0.39, 0.29) is 5.82 Å². The fourth-order valence-corrected chi connectivity index (χ4v) is 2.27. The monoisotopic (exact) mass is 307 g/mol. The van der Waals surface area contributed by atoms with Gasteiger partial charge >= 0.3 is 0 Å². The van der Waals surface area contributed by atoms with Gasteiger partial charge in [0.25, 0.3) is 0 Å². The summed E-state index contributed by atoms with van der Waals surface area (Å²) in [5.41, 5.74) is 3.71. The molecule has 3 aromatic rings. The van der Waals surface area contributed by atoms with E-state index in [1.54, 1.807) is 11.2 Å². The largest absolute Gasteiger partial charge is 0.248 e. The molecule has 0 aliphatic rings. The maximum atomic E-state index is 14.0. The molecule has 0 saturated heterocycles. The zero-order valence-corrected chi connectivity index (χ0v) is 12.6. The molecule has 0 amide bonds. The smallest absolute Gasteiger partial charge is 0.131 e. The van der Waals surface area contributed by atoms with Crippen LogP contribution in [0, 0.1) is 11.2 Å². The molecular formula is C19H14FNS. The Bertz CT molecular complexity index is 778. The number of nitrogens with one attached hydrogen (secondary N) is 1. The molecule has 3 aromatic carbocycles. The van der Waals surface area contributed by atoms with Crippen molar-refractivity contribution in [1.82, 2.24) is 0 Å². The Labute approximate surface area is 134 Å². The average molecular weight is 307 g/mol. The summed E-state index contributed by atoms with van der Waals surface area (Å²) in [4.78, 5) is 0. The molecule has 0 aliphatic carbocycles. The van der Waals surface area contributed by atoms with Crippen LogP contribution in [0.25, 0.3) is 22.3 Å². The van der Waals surface area contributed by atoms with Crippen molar-refractivity contribution in [2.24, 2.45) is 0 Å². The molecule has 3 rings (SSSR count). The first-order valence-corrected chi connectivity index (χ1v) is 7.12. The SMILES string of the molecule is Fc1ccccc1-c1ccccc1-c1ccccc1.N=C=S. The molecule has 0 spiro atoms. The zero-order valence-electron chi connectivity index (χ0n) is 11.8. The molecular weight excluding hydrogens is 293 g/mol. The first-order valence-electron chi connectivity index (χ1n) is 6.71. The molecule has 0 aliphatic heterocycles. The fourth-order valence-electron chi connectivity index (χ4n) is 2.27. The van der Waals surface area contributed by atoms with Gasteiger partial charge in [-0.3, -0.25) is 0 Å². The number of thiocarbonyl (C=S) groups is 1. The Morgan fingerprint density at radius 2 is 1.14 bits per heavy atom. The van der Waals surface area contributed by atoms with Gasteiger partial charge in [-0.1, -0.05) is 72.8 Å². The molecule has 108 valence electrons. The fraction of sp³-hybridized carbons (Fsp3) is 0. The van der Waals surface area contributed by atoms with Crippen molar-refractivity contribution in [3.63, 3.8) is 0 Å². The maximum absolute atomic E-state index is 14.0. The predicted octanol–water partition coefficient (Wildman–Crippen LogP) is 5.83. The molecule has 0 bridgehead atoms. The van der Waals surface area contributed by atoms with E-state index < -0.39 is 0 Å². The number of hydrogen-bond donors (Lipinski definition) is 1. The van der Waals surface area contributed by atoms with Crippen LogP contribution in [0.1, 0.15) is 0 Å². The van der Waals surface area contributed by atoms with Crippen LogP contribution in [0.3, 0.4) is 0 Å². The molecule has 3 heteroatoms. The quantitative estimate of drug-likeness (QED) is 0.467. The van der Waals surface area contributed by atoms with Gasteiger partial charge in [0.1, 0.15) is 5.82 Å². The van der Waals surface area contributed by atoms with Crippen molar-refractivity contribution in [3.8, 4) is 22.3 Å². The number of hydrogen-bond acceptors (Lipinski definition) is 2. The van der Waals surface area contributed by atoms with Crippen LogP contribution in [0.2, 0.25) is 0 Å². The van der Waals surface area contributed by atoms with Crippen LogP contribution in [-0.2, 0) is 0 Å². The van der Waals surface area contributed by atoms with Crippen LogP contribution in [0.5, 0.6) is 0 Å². The van der Waals surface area contributed by atoms with Gasteiger partial charge in [-0.2, -0.15) is 0 Å². The summed E-state index contributed by atoms with van der Waals surface area (Å²) in [6, 6.07) is 24.8. The van der Waals surface area contributed by atoms with E-state index in [1.807, 2.05) is 66.7 Å². The van der Waals surface area contributed by atoms with E-state index in [1.165, 1.54) is 6.07 Å². The van der Waals surface area contributed by atoms with Crippen molar-refractivity contribution < 1.29 is 4.39 Å². The molecule has 0 atom stereocenters. The Balaban J connectivity index is 0.000000545. The molecule has 0 fully saturated rings. The highest BCUT2D eigenvalue weighted by Gasteiger charge is 2.09. The second-order valence-corrected chi connectivity index (χ2v) is 4.70. The first kappa shape index (κ1) is 15.8. The minimum Gasteiger partial charge on any atom is -0.248 e. The van der Waals surface area contributed by atoms with Gasteiger partial charge in [0.15, 0.2) is 0 Å². The van der Waals surface area contributed by atoms with Crippen molar-refractivity contribution >= 4 is 17.4 Å². The number of isothiocyanates is 1. The van der Waals surface area contributed by atoms with Gasteiger partial charge < -0.3 is 0 Å². The Morgan fingerprint density at radius 3 is 1.73 bits per heavy atom. The van der Waals surface area contributed by atoms with E-state index in [0.29, 0.717) is 5.56 Å². The molecule has 0 unspecified atom stereocenters. The molecule has 0 aromatic heterocycles. The first-order chi connectivity index (χ1) is 10.8. The summed E-state index contributed by atoms with van der Waals surface area (Å²) in [7, 11) is 0. The van der Waals surface area contributed by atoms with Gasteiger partial charge in [-0.05, 0) is 35.0 Å². The molecule has 1 nitrogen and oxygen atoms in total.